The number of alkyl halides is 2. The minimum absolute atomic E-state index is 0.144. The van der Waals surface area contributed by atoms with Crippen LogP contribution in [0.5, 0.6) is 5.88 Å². The van der Waals surface area contributed by atoms with E-state index >= 15 is 0 Å². The maximum Gasteiger partial charge on any atom is 0.272 e. The maximum atomic E-state index is 12.0. The lowest BCUT2D eigenvalue weighted by Gasteiger charge is -2.06. The molecule has 0 saturated carbocycles. The standard InChI is InChI=1S/C12H16F2N4O/c1-2-4-17-12(15)18-7-9-3-5-16-11(6-9)19-8-10(13)14/h2-3,5-6,10H,1,4,7-8H2,(H3,15,17,18). The van der Waals surface area contributed by atoms with Gasteiger partial charge in [0.2, 0.25) is 5.88 Å². The summed E-state index contributed by atoms with van der Waals surface area (Å²) in [6.45, 7) is 3.69. The van der Waals surface area contributed by atoms with Gasteiger partial charge < -0.3 is 15.8 Å². The molecule has 1 rings (SSSR count). The summed E-state index contributed by atoms with van der Waals surface area (Å²) in [5.41, 5.74) is 6.36. The van der Waals surface area contributed by atoms with Crippen molar-refractivity contribution >= 4 is 5.96 Å². The minimum atomic E-state index is -2.53. The highest BCUT2D eigenvalue weighted by Gasteiger charge is 2.04. The number of hydrogen-bond acceptors (Lipinski definition) is 3. The zero-order chi connectivity index (χ0) is 14.1. The summed E-state index contributed by atoms with van der Waals surface area (Å²) in [5, 5.41) is 2.82. The Bertz CT molecular complexity index is 437. The number of nitrogens with two attached hydrogens (primary N) is 1. The van der Waals surface area contributed by atoms with Gasteiger partial charge in [0.05, 0.1) is 6.54 Å². The van der Waals surface area contributed by atoms with Gasteiger partial charge in [-0.2, -0.15) is 0 Å². The summed E-state index contributed by atoms with van der Waals surface area (Å²) < 4.78 is 28.8. The van der Waals surface area contributed by atoms with Crippen molar-refractivity contribution in [3.63, 3.8) is 0 Å². The molecular formula is C12H16F2N4O. The molecule has 1 aromatic heterocycles. The average Bonchev–Trinajstić information content (AvgIpc) is 2.41. The van der Waals surface area contributed by atoms with Crippen LogP contribution in [0.4, 0.5) is 8.78 Å². The van der Waals surface area contributed by atoms with Gasteiger partial charge in [-0.15, -0.1) is 6.58 Å². The molecule has 5 nitrogen and oxygen atoms in total. The number of aromatic nitrogens is 1. The Hall–Kier alpha value is -2.18. The topological polar surface area (TPSA) is 72.5 Å². The van der Waals surface area contributed by atoms with Crippen LogP contribution in [0.3, 0.4) is 0 Å². The molecule has 0 amide bonds. The fourth-order valence-electron chi connectivity index (χ4n) is 1.19. The first-order chi connectivity index (χ1) is 9.11. The van der Waals surface area contributed by atoms with Gasteiger partial charge in [-0.3, -0.25) is 0 Å². The summed E-state index contributed by atoms with van der Waals surface area (Å²) in [4.78, 5) is 7.90. The van der Waals surface area contributed by atoms with Crippen LogP contribution in [0, 0.1) is 0 Å². The Labute approximate surface area is 110 Å². The van der Waals surface area contributed by atoms with Crippen LogP contribution in [-0.4, -0.2) is 30.5 Å². The summed E-state index contributed by atoms with van der Waals surface area (Å²) >= 11 is 0. The highest BCUT2D eigenvalue weighted by atomic mass is 19.3. The largest absolute Gasteiger partial charge is 0.472 e. The zero-order valence-electron chi connectivity index (χ0n) is 10.4. The lowest BCUT2D eigenvalue weighted by Crippen LogP contribution is -2.31. The quantitative estimate of drug-likeness (QED) is 0.445. The lowest BCUT2D eigenvalue weighted by molar-refractivity contribution is 0.0795. The monoisotopic (exact) mass is 270 g/mol. The van der Waals surface area contributed by atoms with Gasteiger partial charge in [0.25, 0.3) is 6.43 Å². The SMILES string of the molecule is C=CCNC(N)=NCc1ccnc(OCC(F)F)c1. The van der Waals surface area contributed by atoms with Crippen molar-refractivity contribution in [3.05, 3.63) is 36.5 Å². The van der Waals surface area contributed by atoms with Crippen LogP contribution >= 0.6 is 0 Å². The molecule has 7 heteroatoms. The third-order valence-electron chi connectivity index (χ3n) is 2.02. The van der Waals surface area contributed by atoms with E-state index < -0.39 is 13.0 Å². The van der Waals surface area contributed by atoms with Crippen molar-refractivity contribution in [1.82, 2.24) is 10.3 Å². The number of nitrogens with one attached hydrogen (secondary N) is 1. The molecule has 0 bridgehead atoms. The van der Waals surface area contributed by atoms with Crippen molar-refractivity contribution in [1.29, 1.82) is 0 Å². The van der Waals surface area contributed by atoms with Crippen LogP contribution in [0.1, 0.15) is 5.56 Å². The molecule has 0 atom stereocenters. The molecule has 0 unspecified atom stereocenters. The Morgan fingerprint density at radius 3 is 3.11 bits per heavy atom. The summed E-state index contributed by atoms with van der Waals surface area (Å²) in [5.74, 6) is 0.428. The molecule has 1 aromatic rings. The van der Waals surface area contributed by atoms with Gasteiger partial charge in [-0.25, -0.2) is 18.8 Å². The zero-order valence-corrected chi connectivity index (χ0v) is 10.4. The second-order valence-electron chi connectivity index (χ2n) is 3.58. The Kier molecular flexibility index (Phi) is 6.28. The van der Waals surface area contributed by atoms with Gasteiger partial charge in [0.15, 0.2) is 12.6 Å². The number of pyridine rings is 1. The first-order valence-electron chi connectivity index (χ1n) is 5.62. The van der Waals surface area contributed by atoms with Crippen LogP contribution < -0.4 is 15.8 Å². The lowest BCUT2D eigenvalue weighted by atomic mass is 10.3. The van der Waals surface area contributed by atoms with E-state index in [1.807, 2.05) is 0 Å². The molecule has 0 aliphatic carbocycles. The first kappa shape index (κ1) is 14.9. The summed E-state index contributed by atoms with van der Waals surface area (Å²) in [6.07, 6.45) is 0.603. The van der Waals surface area contributed by atoms with Crippen molar-refractivity contribution in [2.24, 2.45) is 10.7 Å². The van der Waals surface area contributed by atoms with E-state index in [1.165, 1.54) is 6.20 Å². The first-order valence-corrected chi connectivity index (χ1v) is 5.62. The van der Waals surface area contributed by atoms with Gasteiger partial charge in [0, 0.05) is 18.8 Å². The molecule has 0 aliphatic heterocycles. The number of aliphatic imine (C=N–C) groups is 1. The Morgan fingerprint density at radius 2 is 2.42 bits per heavy atom. The summed E-state index contributed by atoms with van der Waals surface area (Å²) in [7, 11) is 0. The maximum absolute atomic E-state index is 12.0. The molecule has 0 fully saturated rings. The number of halogens is 2. The van der Waals surface area contributed by atoms with E-state index in [9.17, 15) is 8.78 Å². The van der Waals surface area contributed by atoms with Gasteiger partial charge in [-0.1, -0.05) is 6.08 Å². The predicted molar refractivity (Wildman–Crippen MR) is 69.3 cm³/mol. The van der Waals surface area contributed by atoms with Crippen LogP contribution in [0.15, 0.2) is 36.0 Å². The molecule has 0 aliphatic rings. The number of guanidine groups is 1. The van der Waals surface area contributed by atoms with Gasteiger partial charge in [0.1, 0.15) is 0 Å². The molecule has 1 heterocycles. The van der Waals surface area contributed by atoms with Crippen LogP contribution in [0.2, 0.25) is 0 Å². The van der Waals surface area contributed by atoms with E-state index in [2.05, 4.69) is 21.9 Å². The minimum Gasteiger partial charge on any atom is -0.472 e. The third-order valence-corrected chi connectivity index (χ3v) is 2.02. The van der Waals surface area contributed by atoms with Crippen molar-refractivity contribution in [2.75, 3.05) is 13.2 Å². The molecule has 3 N–H and O–H groups in total. The van der Waals surface area contributed by atoms with Crippen molar-refractivity contribution in [3.8, 4) is 5.88 Å². The predicted octanol–water partition coefficient (Wildman–Crippen LogP) is 1.32. The van der Waals surface area contributed by atoms with E-state index in [4.69, 9.17) is 10.5 Å². The Morgan fingerprint density at radius 1 is 1.63 bits per heavy atom. The van der Waals surface area contributed by atoms with E-state index in [-0.39, 0.29) is 11.8 Å². The fraction of sp³-hybridized carbons (Fsp3) is 0.333. The van der Waals surface area contributed by atoms with E-state index in [0.717, 1.165) is 5.56 Å². The molecular weight excluding hydrogens is 254 g/mol. The van der Waals surface area contributed by atoms with E-state index in [1.54, 1.807) is 18.2 Å². The highest BCUT2D eigenvalue weighted by molar-refractivity contribution is 5.77. The molecule has 0 spiro atoms. The van der Waals surface area contributed by atoms with Crippen LogP contribution in [0.25, 0.3) is 0 Å². The van der Waals surface area contributed by atoms with Crippen LogP contribution in [-0.2, 0) is 6.54 Å². The second kappa shape index (κ2) is 8.02. The third kappa shape index (κ3) is 6.35. The molecule has 0 aromatic carbocycles. The normalized spacial score (nSPS) is 11.4. The number of rotatable bonds is 7. The fourth-order valence-corrected chi connectivity index (χ4v) is 1.19. The Balaban J connectivity index is 2.54. The molecule has 0 saturated heterocycles. The summed E-state index contributed by atoms with van der Waals surface area (Å²) in [6, 6.07) is 3.26. The smallest absolute Gasteiger partial charge is 0.272 e. The second-order valence-corrected chi connectivity index (χ2v) is 3.58. The molecule has 104 valence electrons. The number of hydrogen-bond donors (Lipinski definition) is 2. The highest BCUT2D eigenvalue weighted by Crippen LogP contribution is 2.11. The molecule has 19 heavy (non-hydrogen) atoms. The van der Waals surface area contributed by atoms with Gasteiger partial charge >= 0.3 is 0 Å². The van der Waals surface area contributed by atoms with Crippen molar-refractivity contribution < 1.29 is 13.5 Å². The average molecular weight is 270 g/mol. The van der Waals surface area contributed by atoms with Crippen molar-refractivity contribution in [2.45, 2.75) is 13.0 Å². The molecule has 0 radical (unpaired) electrons. The van der Waals surface area contributed by atoms with E-state index in [0.29, 0.717) is 13.1 Å². The number of nitrogens with zero attached hydrogens (tertiary/aromatic N) is 2. The van der Waals surface area contributed by atoms with Gasteiger partial charge in [-0.05, 0) is 11.6 Å². The number of ether oxygens (including phenoxy) is 1.